The number of sulfonamides is 1. The fourth-order valence-electron chi connectivity index (χ4n) is 3.35. The summed E-state index contributed by atoms with van der Waals surface area (Å²) in [5, 5.41) is 15.4. The number of azo groups is 1. The highest BCUT2D eigenvalue weighted by Crippen LogP contribution is 2.43. The topological polar surface area (TPSA) is 99.9 Å². The Kier molecular flexibility index (Phi) is 7.14. The number of halogens is 3. The van der Waals surface area contributed by atoms with Crippen molar-refractivity contribution in [3.8, 4) is 0 Å². The number of unbranched alkanes of at least 4 members (excludes halogenated alkanes) is 2. The van der Waals surface area contributed by atoms with E-state index in [1.54, 1.807) is 10.8 Å². The van der Waals surface area contributed by atoms with Crippen molar-refractivity contribution in [3.05, 3.63) is 23.2 Å². The lowest BCUT2D eigenvalue weighted by Gasteiger charge is -2.35. The highest BCUT2D eigenvalue weighted by atomic mass is 32.2. The summed E-state index contributed by atoms with van der Waals surface area (Å²) < 4.78 is 64.3. The lowest BCUT2D eigenvalue weighted by atomic mass is 9.90. The molecule has 1 aliphatic rings. The zero-order valence-corrected chi connectivity index (χ0v) is 18.7. The molecule has 1 atom stereocenters. The molecular formula is C18H23F3N6O2S2. The van der Waals surface area contributed by atoms with Crippen molar-refractivity contribution in [2.75, 3.05) is 22.7 Å². The molecule has 0 saturated carbocycles. The smallest absolute Gasteiger partial charge is 0.371 e. The van der Waals surface area contributed by atoms with Crippen LogP contribution < -0.4 is 9.62 Å². The van der Waals surface area contributed by atoms with E-state index in [1.165, 1.54) is 11.6 Å². The van der Waals surface area contributed by atoms with Crippen LogP contribution in [0.3, 0.4) is 0 Å². The summed E-state index contributed by atoms with van der Waals surface area (Å²) in [6.45, 7) is 5.60. The summed E-state index contributed by atoms with van der Waals surface area (Å²) in [7, 11) is -5.62. The summed E-state index contributed by atoms with van der Waals surface area (Å²) in [4.78, 5) is 2.09. The number of hydrogen-bond acceptors (Lipinski definition) is 8. The van der Waals surface area contributed by atoms with Gasteiger partial charge >= 0.3 is 15.5 Å². The molecule has 31 heavy (non-hydrogen) atoms. The molecule has 1 N–H and O–H groups in total. The fraction of sp³-hybridized carbons (Fsp3) is 0.556. The van der Waals surface area contributed by atoms with Crippen LogP contribution in [-0.4, -0.2) is 37.2 Å². The molecule has 0 bridgehead atoms. The Labute approximate surface area is 182 Å². The highest BCUT2D eigenvalue weighted by Gasteiger charge is 2.46. The minimum Gasteiger partial charge on any atom is -0.371 e. The standard InChI is InChI=1S/C18H23F3N6O2S2/c1-3-4-5-7-27-8-6-12(2)13-9-14(23-25-17-24-22-11-30-17)15(10-16(13)27)26-31(28,29)18(19,20)21/h9-12,26H,3-8H2,1-2H3. The van der Waals surface area contributed by atoms with Crippen LogP contribution in [0.1, 0.15) is 51.0 Å². The van der Waals surface area contributed by atoms with E-state index in [-0.39, 0.29) is 22.4 Å². The second-order valence-electron chi connectivity index (χ2n) is 7.28. The molecule has 13 heteroatoms. The van der Waals surface area contributed by atoms with Gasteiger partial charge in [-0.3, -0.25) is 4.72 Å². The Morgan fingerprint density at radius 1 is 1.29 bits per heavy atom. The molecule has 1 unspecified atom stereocenters. The molecule has 1 aromatic carbocycles. The molecular weight excluding hydrogens is 453 g/mol. The molecule has 2 aromatic rings. The predicted molar refractivity (Wildman–Crippen MR) is 114 cm³/mol. The number of nitrogens with zero attached hydrogens (tertiary/aromatic N) is 5. The SMILES string of the molecule is CCCCCN1CCC(C)c2cc(N=Nc3nncs3)c(NS(=O)(=O)C(F)(F)F)cc21. The Hall–Kier alpha value is -2.28. The largest absolute Gasteiger partial charge is 0.516 e. The number of benzene rings is 1. The van der Waals surface area contributed by atoms with Crippen molar-refractivity contribution in [1.29, 1.82) is 0 Å². The van der Waals surface area contributed by atoms with E-state index in [1.807, 2.05) is 6.92 Å². The van der Waals surface area contributed by atoms with Gasteiger partial charge < -0.3 is 4.90 Å². The number of fused-ring (bicyclic) bond motifs is 1. The van der Waals surface area contributed by atoms with Crippen LogP contribution in [-0.2, 0) is 10.0 Å². The van der Waals surface area contributed by atoms with Gasteiger partial charge in [-0.25, -0.2) is 0 Å². The van der Waals surface area contributed by atoms with Crippen LogP contribution in [0.4, 0.5) is 35.4 Å². The summed E-state index contributed by atoms with van der Waals surface area (Å²) in [6, 6.07) is 3.03. The Balaban J connectivity index is 2.05. The van der Waals surface area contributed by atoms with E-state index in [0.717, 1.165) is 55.7 Å². The van der Waals surface area contributed by atoms with Gasteiger partial charge in [0.2, 0.25) is 0 Å². The zero-order chi connectivity index (χ0) is 22.6. The predicted octanol–water partition coefficient (Wildman–Crippen LogP) is 5.72. The molecule has 0 aliphatic carbocycles. The van der Waals surface area contributed by atoms with Crippen molar-refractivity contribution < 1.29 is 21.6 Å². The molecule has 170 valence electrons. The fourth-order valence-corrected chi connectivity index (χ4v) is 4.29. The monoisotopic (exact) mass is 476 g/mol. The van der Waals surface area contributed by atoms with Gasteiger partial charge in [0.15, 0.2) is 0 Å². The number of anilines is 2. The van der Waals surface area contributed by atoms with Crippen LogP contribution >= 0.6 is 11.3 Å². The number of nitrogens with one attached hydrogen (secondary N) is 1. The van der Waals surface area contributed by atoms with E-state index < -0.39 is 15.5 Å². The minimum absolute atomic E-state index is 0.0102. The van der Waals surface area contributed by atoms with E-state index in [9.17, 15) is 21.6 Å². The average Bonchev–Trinajstić information content (AvgIpc) is 3.21. The number of hydrogen-bond donors (Lipinski definition) is 1. The third-order valence-electron chi connectivity index (χ3n) is 5.02. The maximum Gasteiger partial charge on any atom is 0.516 e. The lowest BCUT2D eigenvalue weighted by Crippen LogP contribution is -2.32. The van der Waals surface area contributed by atoms with E-state index >= 15 is 0 Å². The minimum atomic E-state index is -5.62. The molecule has 0 spiro atoms. The second-order valence-corrected chi connectivity index (χ2v) is 9.77. The van der Waals surface area contributed by atoms with Gasteiger partial charge in [-0.05, 0) is 36.5 Å². The van der Waals surface area contributed by atoms with Crippen LogP contribution in [0.15, 0.2) is 27.9 Å². The third-order valence-corrected chi connectivity index (χ3v) is 6.69. The maximum absolute atomic E-state index is 13.0. The average molecular weight is 477 g/mol. The summed E-state index contributed by atoms with van der Waals surface area (Å²) in [5.41, 5.74) is -2.70. The maximum atomic E-state index is 13.0. The van der Waals surface area contributed by atoms with Gasteiger partial charge in [0.25, 0.3) is 5.13 Å². The lowest BCUT2D eigenvalue weighted by molar-refractivity contribution is -0.0429. The summed E-state index contributed by atoms with van der Waals surface area (Å²) in [6.07, 6.45) is 3.88. The highest BCUT2D eigenvalue weighted by molar-refractivity contribution is 7.93. The van der Waals surface area contributed by atoms with Crippen molar-refractivity contribution in [1.82, 2.24) is 10.2 Å². The molecule has 1 aromatic heterocycles. The second kappa shape index (κ2) is 9.47. The number of alkyl halides is 3. The van der Waals surface area contributed by atoms with Gasteiger partial charge in [0, 0.05) is 18.8 Å². The van der Waals surface area contributed by atoms with Gasteiger partial charge in [0.05, 0.1) is 5.69 Å². The molecule has 0 radical (unpaired) electrons. The van der Waals surface area contributed by atoms with E-state index in [0.29, 0.717) is 5.69 Å². The first-order valence-electron chi connectivity index (χ1n) is 9.82. The molecule has 0 amide bonds. The molecule has 3 rings (SSSR count). The van der Waals surface area contributed by atoms with Crippen molar-refractivity contribution in [3.63, 3.8) is 0 Å². The summed E-state index contributed by atoms with van der Waals surface area (Å²) >= 11 is 1.10. The van der Waals surface area contributed by atoms with Crippen molar-refractivity contribution >= 4 is 43.6 Å². The first-order valence-corrected chi connectivity index (χ1v) is 12.2. The molecule has 8 nitrogen and oxygen atoms in total. The van der Waals surface area contributed by atoms with E-state index in [4.69, 9.17) is 0 Å². The van der Waals surface area contributed by atoms with Crippen LogP contribution in [0.25, 0.3) is 0 Å². The first-order chi connectivity index (χ1) is 14.6. The normalized spacial score (nSPS) is 17.2. The summed E-state index contributed by atoms with van der Waals surface area (Å²) in [5.74, 6) is 0.140. The molecule has 0 saturated heterocycles. The van der Waals surface area contributed by atoms with Crippen LogP contribution in [0.5, 0.6) is 0 Å². The van der Waals surface area contributed by atoms with Gasteiger partial charge in [-0.15, -0.1) is 20.4 Å². The molecule has 2 heterocycles. The van der Waals surface area contributed by atoms with Crippen molar-refractivity contribution in [2.45, 2.75) is 51.0 Å². The molecule has 0 fully saturated rings. The number of rotatable bonds is 8. The Morgan fingerprint density at radius 3 is 2.71 bits per heavy atom. The van der Waals surface area contributed by atoms with Crippen LogP contribution in [0.2, 0.25) is 0 Å². The van der Waals surface area contributed by atoms with Crippen LogP contribution in [0, 0.1) is 0 Å². The Morgan fingerprint density at radius 2 is 2.06 bits per heavy atom. The number of aromatic nitrogens is 2. The quantitative estimate of drug-likeness (QED) is 0.388. The third kappa shape index (κ3) is 5.50. The zero-order valence-electron chi connectivity index (χ0n) is 17.1. The van der Waals surface area contributed by atoms with Crippen molar-refractivity contribution in [2.24, 2.45) is 10.2 Å². The van der Waals surface area contributed by atoms with Gasteiger partial charge in [-0.2, -0.15) is 21.6 Å². The van der Waals surface area contributed by atoms with Gasteiger partial charge in [-0.1, -0.05) is 38.0 Å². The molecule has 1 aliphatic heterocycles. The first kappa shape index (κ1) is 23.4. The van der Waals surface area contributed by atoms with Gasteiger partial charge in [0.1, 0.15) is 11.2 Å². The van der Waals surface area contributed by atoms with E-state index in [2.05, 4.69) is 32.2 Å². The Bertz CT molecular complexity index is 1030.